The average molecular weight is 262 g/mol. The van der Waals surface area contributed by atoms with Gasteiger partial charge in [-0.1, -0.05) is 0 Å². The summed E-state index contributed by atoms with van der Waals surface area (Å²) in [6, 6.07) is 5.28. The largest absolute Gasteiger partial charge is 0.478 e. The van der Waals surface area contributed by atoms with E-state index in [4.69, 9.17) is 14.3 Å². The second-order valence-electron chi connectivity index (χ2n) is 3.73. The summed E-state index contributed by atoms with van der Waals surface area (Å²) < 4.78 is 9.67. The second-order valence-corrected chi connectivity index (χ2v) is 3.73. The van der Waals surface area contributed by atoms with Gasteiger partial charge in [0.2, 0.25) is 0 Å². The third-order valence-corrected chi connectivity index (χ3v) is 2.47. The number of esters is 1. The molecule has 0 aliphatic heterocycles. The predicted octanol–water partition coefficient (Wildman–Crippen LogP) is 1.67. The van der Waals surface area contributed by atoms with Crippen molar-refractivity contribution in [1.82, 2.24) is 0 Å². The van der Waals surface area contributed by atoms with Gasteiger partial charge in [0.15, 0.2) is 0 Å². The molecule has 0 unspecified atom stereocenters. The highest BCUT2D eigenvalue weighted by molar-refractivity contribution is 5.96. The molecule has 0 atom stereocenters. The van der Waals surface area contributed by atoms with Gasteiger partial charge in [-0.25, -0.2) is 14.4 Å². The number of benzene rings is 1. The Morgan fingerprint density at radius 2 is 2.05 bits per heavy atom. The number of aromatic carboxylic acids is 1. The third kappa shape index (κ3) is 2.47. The SMILES string of the molecule is CCOC(=O)c1cc2cc(C(=O)O)ccc2oc1=O. The van der Waals surface area contributed by atoms with Crippen LogP contribution in [-0.4, -0.2) is 23.7 Å². The van der Waals surface area contributed by atoms with E-state index >= 15 is 0 Å². The lowest BCUT2D eigenvalue weighted by molar-refractivity contribution is 0.0521. The minimum absolute atomic E-state index is 0.0381. The number of hydrogen-bond acceptors (Lipinski definition) is 5. The molecule has 0 fully saturated rings. The van der Waals surface area contributed by atoms with Crippen molar-refractivity contribution in [2.75, 3.05) is 6.61 Å². The van der Waals surface area contributed by atoms with E-state index in [1.165, 1.54) is 24.3 Å². The van der Waals surface area contributed by atoms with E-state index in [0.29, 0.717) is 5.39 Å². The number of carboxylic acid groups (broad SMARTS) is 1. The molecule has 1 aromatic carbocycles. The topological polar surface area (TPSA) is 93.8 Å². The van der Waals surface area contributed by atoms with E-state index in [2.05, 4.69) is 0 Å². The van der Waals surface area contributed by atoms with Gasteiger partial charge in [-0.05, 0) is 31.2 Å². The van der Waals surface area contributed by atoms with Crippen molar-refractivity contribution in [3.05, 3.63) is 45.8 Å². The zero-order valence-electron chi connectivity index (χ0n) is 10.0. The molecule has 2 rings (SSSR count). The highest BCUT2D eigenvalue weighted by atomic mass is 16.5. The first-order chi connectivity index (χ1) is 9.02. The Kier molecular flexibility index (Phi) is 3.33. The summed E-state index contributed by atoms with van der Waals surface area (Å²) in [7, 11) is 0. The summed E-state index contributed by atoms with van der Waals surface area (Å²) in [5.41, 5.74) is -0.815. The molecule has 0 saturated carbocycles. The lowest BCUT2D eigenvalue weighted by Gasteiger charge is -2.03. The van der Waals surface area contributed by atoms with E-state index in [9.17, 15) is 14.4 Å². The highest BCUT2D eigenvalue weighted by Gasteiger charge is 2.15. The maximum Gasteiger partial charge on any atom is 0.351 e. The van der Waals surface area contributed by atoms with Gasteiger partial charge in [-0.3, -0.25) is 0 Å². The van der Waals surface area contributed by atoms with E-state index in [1.54, 1.807) is 6.92 Å². The molecule has 98 valence electrons. The smallest absolute Gasteiger partial charge is 0.351 e. The molecule has 19 heavy (non-hydrogen) atoms. The molecule has 2 aromatic rings. The van der Waals surface area contributed by atoms with Crippen LogP contribution in [0.1, 0.15) is 27.6 Å². The van der Waals surface area contributed by atoms with Gasteiger partial charge >= 0.3 is 17.6 Å². The van der Waals surface area contributed by atoms with Crippen LogP contribution in [0.25, 0.3) is 11.0 Å². The first-order valence-electron chi connectivity index (χ1n) is 5.51. The molecule has 0 radical (unpaired) electrons. The molecule has 6 nitrogen and oxygen atoms in total. The molecular formula is C13H10O6. The van der Waals surface area contributed by atoms with Gasteiger partial charge < -0.3 is 14.3 Å². The van der Waals surface area contributed by atoms with E-state index in [-0.39, 0.29) is 23.3 Å². The Hall–Kier alpha value is -2.63. The minimum atomic E-state index is -1.11. The molecule has 0 aliphatic carbocycles. The summed E-state index contributed by atoms with van der Waals surface area (Å²) in [5, 5.41) is 9.23. The van der Waals surface area contributed by atoms with Crippen LogP contribution >= 0.6 is 0 Å². The monoisotopic (exact) mass is 262 g/mol. The summed E-state index contributed by atoms with van der Waals surface area (Å²) in [6.45, 7) is 1.74. The molecular weight excluding hydrogens is 252 g/mol. The van der Waals surface area contributed by atoms with Crippen molar-refractivity contribution in [1.29, 1.82) is 0 Å². The Bertz CT molecular complexity index is 713. The molecule has 0 saturated heterocycles. The highest BCUT2D eigenvalue weighted by Crippen LogP contribution is 2.16. The quantitative estimate of drug-likeness (QED) is 0.667. The average Bonchev–Trinajstić information content (AvgIpc) is 2.37. The van der Waals surface area contributed by atoms with Crippen molar-refractivity contribution in [3.8, 4) is 0 Å². The second kappa shape index (κ2) is 4.93. The molecule has 1 aromatic heterocycles. The zero-order chi connectivity index (χ0) is 14.0. The fourth-order valence-corrected chi connectivity index (χ4v) is 1.61. The van der Waals surface area contributed by atoms with Crippen LogP contribution in [0, 0.1) is 0 Å². The first-order valence-corrected chi connectivity index (χ1v) is 5.51. The normalized spacial score (nSPS) is 10.4. The number of carboxylic acids is 1. The summed E-state index contributed by atoms with van der Waals surface area (Å²) >= 11 is 0. The lowest BCUT2D eigenvalue weighted by atomic mass is 10.1. The van der Waals surface area contributed by atoms with Crippen molar-refractivity contribution < 1.29 is 23.8 Å². The Balaban J connectivity index is 2.61. The molecule has 1 heterocycles. The standard InChI is InChI=1S/C13H10O6/c1-2-18-12(16)9-6-8-5-7(11(14)15)3-4-10(8)19-13(9)17/h3-6H,2H2,1H3,(H,14,15). The minimum Gasteiger partial charge on any atom is -0.478 e. The van der Waals surface area contributed by atoms with Gasteiger partial charge in [0.25, 0.3) is 0 Å². The van der Waals surface area contributed by atoms with E-state index in [0.717, 1.165) is 0 Å². The van der Waals surface area contributed by atoms with Crippen molar-refractivity contribution in [2.45, 2.75) is 6.92 Å². The van der Waals surface area contributed by atoms with Crippen LogP contribution in [-0.2, 0) is 4.74 Å². The number of carbonyl (C=O) groups excluding carboxylic acids is 1. The predicted molar refractivity (Wildman–Crippen MR) is 65.4 cm³/mol. The summed E-state index contributed by atoms with van der Waals surface area (Å²) in [5.74, 6) is -1.90. The maximum atomic E-state index is 11.6. The number of hydrogen-bond donors (Lipinski definition) is 1. The molecule has 0 spiro atoms. The Labute approximate surface area is 107 Å². The Morgan fingerprint density at radius 1 is 1.32 bits per heavy atom. The first kappa shape index (κ1) is 12.8. The van der Waals surface area contributed by atoms with Crippen LogP contribution < -0.4 is 5.63 Å². The molecule has 0 aliphatic rings. The van der Waals surface area contributed by atoms with Gasteiger partial charge in [-0.15, -0.1) is 0 Å². The lowest BCUT2D eigenvalue weighted by Crippen LogP contribution is -2.16. The van der Waals surface area contributed by atoms with Crippen molar-refractivity contribution in [3.63, 3.8) is 0 Å². The molecule has 0 amide bonds. The fourth-order valence-electron chi connectivity index (χ4n) is 1.61. The zero-order valence-corrected chi connectivity index (χ0v) is 10.0. The Morgan fingerprint density at radius 3 is 2.68 bits per heavy atom. The van der Waals surface area contributed by atoms with Crippen molar-refractivity contribution in [2.24, 2.45) is 0 Å². The fraction of sp³-hybridized carbons (Fsp3) is 0.154. The van der Waals surface area contributed by atoms with Gasteiger partial charge in [0.1, 0.15) is 11.1 Å². The number of ether oxygens (including phenoxy) is 1. The van der Waals surface area contributed by atoms with E-state index in [1.807, 2.05) is 0 Å². The van der Waals surface area contributed by atoms with Crippen LogP contribution in [0.4, 0.5) is 0 Å². The van der Waals surface area contributed by atoms with E-state index < -0.39 is 17.6 Å². The van der Waals surface area contributed by atoms with Crippen LogP contribution in [0.2, 0.25) is 0 Å². The van der Waals surface area contributed by atoms with Crippen LogP contribution in [0.15, 0.2) is 33.5 Å². The number of rotatable bonds is 3. The van der Waals surface area contributed by atoms with Gasteiger partial charge in [0.05, 0.1) is 12.2 Å². The third-order valence-electron chi connectivity index (χ3n) is 2.47. The number of carbonyl (C=O) groups is 2. The van der Waals surface area contributed by atoms with Gasteiger partial charge in [-0.2, -0.15) is 0 Å². The van der Waals surface area contributed by atoms with Gasteiger partial charge in [0, 0.05) is 5.39 Å². The summed E-state index contributed by atoms with van der Waals surface area (Å²) in [4.78, 5) is 34.0. The number of fused-ring (bicyclic) bond motifs is 1. The van der Waals surface area contributed by atoms with Crippen LogP contribution in [0.3, 0.4) is 0 Å². The summed E-state index contributed by atoms with van der Waals surface area (Å²) in [6.07, 6.45) is 0. The molecule has 1 N–H and O–H groups in total. The molecule has 6 heteroatoms. The molecule has 0 bridgehead atoms. The maximum absolute atomic E-state index is 11.6. The van der Waals surface area contributed by atoms with Crippen molar-refractivity contribution >= 4 is 22.9 Å². The van der Waals surface area contributed by atoms with Crippen LogP contribution in [0.5, 0.6) is 0 Å².